The molecule has 0 aromatic heterocycles. The first kappa shape index (κ1) is 55.3. The molecule has 3 fully saturated rings. The molecule has 8 rings (SSSR count). The number of aliphatic carboxylic acids is 1. The van der Waals surface area contributed by atoms with Gasteiger partial charge in [-0.3, -0.25) is 4.79 Å². The van der Waals surface area contributed by atoms with Crippen LogP contribution in [0.15, 0.2) is 122 Å². The Morgan fingerprint density at radius 3 is 1.85 bits per heavy atom. The molecule has 1 aliphatic heterocycles. The Bertz CT molecular complexity index is 2610. The fraction of sp³-hybridized carbons (Fsp3) is 0.517. The molecule has 4 aliphatic carbocycles. The van der Waals surface area contributed by atoms with Crippen molar-refractivity contribution in [2.75, 3.05) is 13.7 Å². The molecule has 392 valence electrons. The van der Waals surface area contributed by atoms with E-state index < -0.39 is 83.0 Å². The molecule has 0 amide bonds. The second-order valence-corrected chi connectivity index (χ2v) is 24.3. The molecule has 2 N–H and O–H groups in total. The van der Waals surface area contributed by atoms with E-state index in [2.05, 4.69) is 95.6 Å². The molecule has 0 unspecified atom stereocenters. The highest BCUT2D eigenvalue weighted by Crippen LogP contribution is 2.72. The highest BCUT2D eigenvalue weighted by atomic mass is 79.9. The lowest BCUT2D eigenvalue weighted by Crippen LogP contribution is -2.63. The Kier molecular flexibility index (Phi) is 16.9. The van der Waals surface area contributed by atoms with E-state index in [4.69, 9.17) is 28.4 Å². The van der Waals surface area contributed by atoms with Crippen molar-refractivity contribution >= 4 is 71.7 Å². The third kappa shape index (κ3) is 10.5. The van der Waals surface area contributed by atoms with Crippen molar-refractivity contribution in [3.63, 3.8) is 0 Å². The first-order valence-electron chi connectivity index (χ1n) is 25.3. The Morgan fingerprint density at radius 1 is 0.767 bits per heavy atom. The average Bonchev–Trinajstić information content (AvgIpc) is 3.61. The van der Waals surface area contributed by atoms with Crippen LogP contribution >= 0.6 is 47.8 Å². The van der Waals surface area contributed by atoms with Crippen LogP contribution in [-0.4, -0.2) is 90.7 Å². The van der Waals surface area contributed by atoms with Crippen LogP contribution < -0.4 is 0 Å². The van der Waals surface area contributed by atoms with Gasteiger partial charge in [0.15, 0.2) is 18.5 Å². The molecular weight excluding hydrogens is 1130 g/mol. The number of allylic oxidation sites excluding steroid dienone is 2. The summed E-state index contributed by atoms with van der Waals surface area (Å²) in [5.41, 5.74) is 2.12. The van der Waals surface area contributed by atoms with Crippen molar-refractivity contribution < 1.29 is 57.8 Å². The van der Waals surface area contributed by atoms with Crippen LogP contribution in [0, 0.1) is 39.9 Å². The summed E-state index contributed by atoms with van der Waals surface area (Å²) in [4.78, 5) is 55.7. The van der Waals surface area contributed by atoms with Gasteiger partial charge in [0, 0.05) is 20.5 Å². The van der Waals surface area contributed by atoms with E-state index in [1.807, 2.05) is 0 Å². The standard InChI is InChI=1S/C58H67Br3O12/c1-31(2)32(3)9-10-33(4)44-29-47(62)58(55(66)67)43-24-23-41-34(5)45(26-27-56(41,6)42(43)25-28-57(44,58)7)70-54-50(73-53(65)37-15-21-40(61)22-16-37)49(72-52(64)36-13-19-39(60)20-14-36)48(68-8)46(71-54)30-69-51(63)35-11-17-38(59)18-12-35/h11-22,31,33,41,44-50,54,62H,3,5,9-10,23-30H2,1-2,4,6-8H3,(H,66,67)/t33-,41+,44-,45+,46-,47-,48-,49+,50-,54+,56+,57-,58-/m1/s1. The maximum Gasteiger partial charge on any atom is 0.338 e. The van der Waals surface area contributed by atoms with Crippen LogP contribution in [0.2, 0.25) is 0 Å². The number of aliphatic hydroxyl groups excluding tert-OH is 1. The van der Waals surface area contributed by atoms with Crippen molar-refractivity contribution in [2.24, 2.45) is 39.9 Å². The molecule has 1 saturated heterocycles. The third-order valence-electron chi connectivity index (χ3n) is 17.4. The van der Waals surface area contributed by atoms with Gasteiger partial charge in [0.25, 0.3) is 0 Å². The van der Waals surface area contributed by atoms with E-state index in [0.717, 1.165) is 43.0 Å². The molecule has 1 heterocycles. The van der Waals surface area contributed by atoms with Crippen LogP contribution in [0.4, 0.5) is 0 Å². The number of carbonyl (C=O) groups is 4. The van der Waals surface area contributed by atoms with Crippen LogP contribution in [0.25, 0.3) is 0 Å². The van der Waals surface area contributed by atoms with Gasteiger partial charge in [0.2, 0.25) is 0 Å². The number of ether oxygens (including phenoxy) is 6. The minimum Gasteiger partial charge on any atom is -0.480 e. The molecule has 5 aliphatic rings. The lowest BCUT2D eigenvalue weighted by atomic mass is 9.45. The molecule has 0 spiro atoms. The SMILES string of the molecule is C=C(CC[C@@H](C)[C@H]1C[C@@H](O)[C@@]2(C(=O)O)C3=C(CC[C@]12C)[C@@]1(C)CC[C@H](O[C@H]2O[C@H](COC(=O)c4ccc(Br)cc4)[C@@H](OC)[C@H](OC(=O)c4ccc(Br)cc4)[C@H]2OC(=O)c2ccc(Br)cc2)C(=C)[C@@H]1CC3)C(C)C. The predicted molar refractivity (Wildman–Crippen MR) is 286 cm³/mol. The van der Waals surface area contributed by atoms with Crippen molar-refractivity contribution in [1.29, 1.82) is 0 Å². The van der Waals surface area contributed by atoms with E-state index in [9.17, 15) is 29.4 Å². The first-order chi connectivity index (χ1) is 34.6. The van der Waals surface area contributed by atoms with E-state index >= 15 is 0 Å². The molecule has 2 saturated carbocycles. The summed E-state index contributed by atoms with van der Waals surface area (Å²) in [6.07, 6.45) is -2.41. The van der Waals surface area contributed by atoms with E-state index in [1.54, 1.807) is 72.8 Å². The monoisotopic (exact) mass is 1190 g/mol. The largest absolute Gasteiger partial charge is 0.480 e. The molecule has 3 aromatic rings. The molecular formula is C58H67Br3O12. The highest BCUT2D eigenvalue weighted by molar-refractivity contribution is 9.11. The molecule has 13 atom stereocenters. The molecule has 15 heteroatoms. The molecule has 0 bridgehead atoms. The van der Waals surface area contributed by atoms with Crippen LogP contribution in [0.1, 0.15) is 123 Å². The van der Waals surface area contributed by atoms with Gasteiger partial charge in [0.05, 0.1) is 28.9 Å². The number of methoxy groups -OCH3 is 1. The third-order valence-corrected chi connectivity index (χ3v) is 19.0. The lowest BCUT2D eigenvalue weighted by molar-refractivity contribution is -0.311. The van der Waals surface area contributed by atoms with Gasteiger partial charge in [-0.25, -0.2) is 14.4 Å². The maximum atomic E-state index is 14.1. The van der Waals surface area contributed by atoms with Gasteiger partial charge >= 0.3 is 23.9 Å². The van der Waals surface area contributed by atoms with Gasteiger partial charge in [-0.1, -0.05) is 112 Å². The second kappa shape index (κ2) is 22.3. The number of carboxylic acid groups (broad SMARTS) is 1. The summed E-state index contributed by atoms with van der Waals surface area (Å²) < 4.78 is 40.5. The Balaban J connectivity index is 1.11. The summed E-state index contributed by atoms with van der Waals surface area (Å²) >= 11 is 10.3. The van der Waals surface area contributed by atoms with Crippen molar-refractivity contribution in [1.82, 2.24) is 0 Å². The Morgan fingerprint density at radius 2 is 1.32 bits per heavy atom. The Hall–Kier alpha value is -3.96. The maximum absolute atomic E-state index is 14.1. The van der Waals surface area contributed by atoms with Crippen molar-refractivity contribution in [3.05, 3.63) is 138 Å². The van der Waals surface area contributed by atoms with Gasteiger partial charge in [0.1, 0.15) is 24.2 Å². The smallest absolute Gasteiger partial charge is 0.338 e. The zero-order valence-electron chi connectivity index (χ0n) is 42.4. The van der Waals surface area contributed by atoms with Crippen molar-refractivity contribution in [2.45, 2.75) is 135 Å². The number of hydrogen-bond acceptors (Lipinski definition) is 11. The summed E-state index contributed by atoms with van der Waals surface area (Å²) in [6, 6.07) is 19.9. The summed E-state index contributed by atoms with van der Waals surface area (Å²) in [7, 11) is 1.40. The fourth-order valence-corrected chi connectivity index (χ4v) is 14.0. The summed E-state index contributed by atoms with van der Waals surface area (Å²) in [6.45, 7) is 19.5. The van der Waals surface area contributed by atoms with Gasteiger partial charge in [-0.05, 0) is 171 Å². The highest BCUT2D eigenvalue weighted by Gasteiger charge is 2.71. The first-order valence-corrected chi connectivity index (χ1v) is 27.7. The van der Waals surface area contributed by atoms with Crippen LogP contribution in [-0.2, 0) is 33.2 Å². The fourth-order valence-electron chi connectivity index (χ4n) is 13.3. The van der Waals surface area contributed by atoms with Crippen LogP contribution in [0.3, 0.4) is 0 Å². The zero-order chi connectivity index (χ0) is 52.7. The topological polar surface area (TPSA) is 164 Å². The zero-order valence-corrected chi connectivity index (χ0v) is 47.1. The Labute approximate surface area is 454 Å². The molecule has 0 radical (unpaired) electrons. The number of hydrogen-bond donors (Lipinski definition) is 2. The number of benzene rings is 3. The number of carbonyl (C=O) groups excluding carboxylic acids is 3. The normalized spacial score (nSPS) is 32.2. The average molecular weight is 1200 g/mol. The predicted octanol–water partition coefficient (Wildman–Crippen LogP) is 12.7. The van der Waals surface area contributed by atoms with Gasteiger partial charge < -0.3 is 38.6 Å². The molecule has 3 aromatic carbocycles. The number of carboxylic acids is 1. The van der Waals surface area contributed by atoms with Crippen LogP contribution in [0.5, 0.6) is 0 Å². The minimum atomic E-state index is -1.42. The van der Waals surface area contributed by atoms with E-state index in [0.29, 0.717) is 56.4 Å². The van der Waals surface area contributed by atoms with Gasteiger partial charge in [-0.2, -0.15) is 0 Å². The number of esters is 3. The second-order valence-electron chi connectivity index (χ2n) is 21.5. The lowest BCUT2D eigenvalue weighted by Gasteiger charge is -2.59. The molecule has 12 nitrogen and oxygen atoms in total. The van der Waals surface area contributed by atoms with Crippen molar-refractivity contribution in [3.8, 4) is 0 Å². The number of fused-ring (bicyclic) bond motifs is 4. The number of aliphatic hydroxyl groups is 1. The van der Waals surface area contributed by atoms with E-state index in [1.165, 1.54) is 12.7 Å². The summed E-state index contributed by atoms with van der Waals surface area (Å²) in [5, 5.41) is 23.7. The summed E-state index contributed by atoms with van der Waals surface area (Å²) in [5.74, 6) is -2.60. The minimum absolute atomic E-state index is 0.0160. The molecule has 73 heavy (non-hydrogen) atoms. The number of rotatable bonds is 16. The van der Waals surface area contributed by atoms with Gasteiger partial charge in [-0.15, -0.1) is 0 Å². The quantitative estimate of drug-likeness (QED) is 0.0794. The number of halogens is 3. The van der Waals surface area contributed by atoms with E-state index in [-0.39, 0.29) is 35.5 Å².